The van der Waals surface area contributed by atoms with E-state index in [4.69, 9.17) is 4.74 Å². The van der Waals surface area contributed by atoms with Gasteiger partial charge in [-0.1, -0.05) is 24.3 Å². The molecule has 0 radical (unpaired) electrons. The zero-order chi connectivity index (χ0) is 17.4. The number of hydrogen-bond donors (Lipinski definition) is 2. The molecule has 0 fully saturated rings. The van der Waals surface area contributed by atoms with E-state index in [2.05, 4.69) is 4.72 Å². The van der Waals surface area contributed by atoms with E-state index in [9.17, 15) is 22.3 Å². The molecule has 3 rings (SSSR count). The molecule has 2 aromatic rings. The Morgan fingerprint density at radius 1 is 1.12 bits per heavy atom. The van der Waals surface area contributed by atoms with Crippen molar-refractivity contribution in [2.75, 3.05) is 13.2 Å². The van der Waals surface area contributed by atoms with Crippen LogP contribution in [0.15, 0.2) is 47.4 Å². The van der Waals surface area contributed by atoms with Gasteiger partial charge in [-0.15, -0.1) is 0 Å². The summed E-state index contributed by atoms with van der Waals surface area (Å²) in [5.41, 5.74) is -1.10. The highest BCUT2D eigenvalue weighted by atomic mass is 32.2. The van der Waals surface area contributed by atoms with Gasteiger partial charge < -0.3 is 9.84 Å². The Bertz CT molecular complexity index is 852. The van der Waals surface area contributed by atoms with Crippen molar-refractivity contribution in [2.24, 2.45) is 0 Å². The number of fused-ring (bicyclic) bond motifs is 1. The molecule has 1 heterocycles. The van der Waals surface area contributed by atoms with Gasteiger partial charge in [0.25, 0.3) is 0 Å². The molecule has 0 bridgehead atoms. The van der Waals surface area contributed by atoms with Gasteiger partial charge in [0.1, 0.15) is 23.0 Å². The second kappa shape index (κ2) is 6.12. The lowest BCUT2D eigenvalue weighted by Gasteiger charge is -2.34. The van der Waals surface area contributed by atoms with Gasteiger partial charge in [-0.05, 0) is 18.2 Å². The maximum absolute atomic E-state index is 13.7. The van der Waals surface area contributed by atoms with Gasteiger partial charge in [0.05, 0.1) is 6.61 Å². The summed E-state index contributed by atoms with van der Waals surface area (Å²) < 4.78 is 59.4. The monoisotopic (exact) mass is 355 g/mol. The van der Waals surface area contributed by atoms with Crippen LogP contribution in [0.25, 0.3) is 0 Å². The highest BCUT2D eigenvalue weighted by Gasteiger charge is 2.37. The van der Waals surface area contributed by atoms with E-state index >= 15 is 0 Å². The quantitative estimate of drug-likeness (QED) is 0.879. The molecule has 8 heteroatoms. The van der Waals surface area contributed by atoms with Crippen molar-refractivity contribution < 1.29 is 27.0 Å². The number of para-hydroxylation sites is 1. The van der Waals surface area contributed by atoms with Crippen LogP contribution in [0.2, 0.25) is 0 Å². The summed E-state index contributed by atoms with van der Waals surface area (Å²) in [5.74, 6) is -1.94. The molecule has 1 aliphatic heterocycles. The van der Waals surface area contributed by atoms with Crippen molar-refractivity contribution in [1.82, 2.24) is 4.72 Å². The second-order valence-electron chi connectivity index (χ2n) is 5.50. The fraction of sp³-hybridized carbons (Fsp3) is 0.250. The normalized spacial score (nSPS) is 20.3. The third-order valence-electron chi connectivity index (χ3n) is 3.90. The van der Waals surface area contributed by atoms with Crippen molar-refractivity contribution in [3.05, 3.63) is 59.7 Å². The van der Waals surface area contributed by atoms with Gasteiger partial charge in [-0.2, -0.15) is 0 Å². The smallest absolute Gasteiger partial charge is 0.246 e. The van der Waals surface area contributed by atoms with Crippen molar-refractivity contribution >= 4 is 10.0 Å². The number of sulfonamides is 1. The first-order valence-electron chi connectivity index (χ1n) is 7.22. The standard InChI is InChI=1S/C16H15F2NO4S/c17-12-5-3-6-13(18)15(12)24(21,22)19-10-16(20)8-9-23-14-7-2-1-4-11(14)16/h1-7,19-20H,8-10H2. The fourth-order valence-corrected chi connectivity index (χ4v) is 3.87. The van der Waals surface area contributed by atoms with Crippen molar-refractivity contribution in [3.8, 4) is 5.75 Å². The molecule has 2 aromatic carbocycles. The molecule has 1 unspecified atom stereocenters. The molecule has 2 N–H and O–H groups in total. The maximum Gasteiger partial charge on any atom is 0.246 e. The average Bonchev–Trinajstić information content (AvgIpc) is 2.53. The number of benzene rings is 2. The van der Waals surface area contributed by atoms with Crippen LogP contribution in [0.4, 0.5) is 8.78 Å². The molecule has 0 aliphatic carbocycles. The van der Waals surface area contributed by atoms with Crippen LogP contribution in [0.1, 0.15) is 12.0 Å². The van der Waals surface area contributed by atoms with E-state index in [-0.39, 0.29) is 13.0 Å². The Morgan fingerprint density at radius 3 is 2.50 bits per heavy atom. The lowest BCUT2D eigenvalue weighted by atomic mass is 9.88. The van der Waals surface area contributed by atoms with Crippen molar-refractivity contribution in [3.63, 3.8) is 0 Å². The minimum Gasteiger partial charge on any atom is -0.493 e. The van der Waals surface area contributed by atoms with E-state index in [0.29, 0.717) is 11.3 Å². The molecule has 1 atom stereocenters. The average molecular weight is 355 g/mol. The molecule has 5 nitrogen and oxygen atoms in total. The summed E-state index contributed by atoms with van der Waals surface area (Å²) >= 11 is 0. The minimum absolute atomic E-state index is 0.145. The van der Waals surface area contributed by atoms with E-state index in [1.807, 2.05) is 0 Å². The van der Waals surface area contributed by atoms with Gasteiger partial charge in [0.15, 0.2) is 4.90 Å². The maximum atomic E-state index is 13.7. The number of nitrogens with one attached hydrogen (secondary N) is 1. The van der Waals surface area contributed by atoms with Crippen LogP contribution in [-0.2, 0) is 15.6 Å². The summed E-state index contributed by atoms with van der Waals surface area (Å²) in [6.07, 6.45) is 0.145. The summed E-state index contributed by atoms with van der Waals surface area (Å²) in [7, 11) is -4.46. The molecular formula is C16H15F2NO4S. The zero-order valence-electron chi connectivity index (χ0n) is 12.5. The highest BCUT2D eigenvalue weighted by molar-refractivity contribution is 7.89. The van der Waals surface area contributed by atoms with Gasteiger partial charge in [-0.25, -0.2) is 21.9 Å². The Kier molecular flexibility index (Phi) is 4.29. The van der Waals surface area contributed by atoms with Crippen LogP contribution in [-0.4, -0.2) is 26.7 Å². The van der Waals surface area contributed by atoms with Crippen LogP contribution in [0.5, 0.6) is 5.75 Å². The highest BCUT2D eigenvalue weighted by Crippen LogP contribution is 2.36. The molecule has 0 saturated carbocycles. The molecule has 0 saturated heterocycles. The lowest BCUT2D eigenvalue weighted by molar-refractivity contribution is 0.00217. The largest absolute Gasteiger partial charge is 0.493 e. The number of aliphatic hydroxyl groups is 1. The number of ether oxygens (including phenoxy) is 1. The molecular weight excluding hydrogens is 340 g/mol. The second-order valence-corrected chi connectivity index (χ2v) is 7.21. The van der Waals surface area contributed by atoms with Crippen LogP contribution < -0.4 is 9.46 Å². The summed E-state index contributed by atoms with van der Waals surface area (Å²) in [5, 5.41) is 10.8. The summed E-state index contributed by atoms with van der Waals surface area (Å²) in [6, 6.07) is 9.47. The fourth-order valence-electron chi connectivity index (χ4n) is 2.65. The molecule has 1 aliphatic rings. The van der Waals surface area contributed by atoms with Crippen molar-refractivity contribution in [1.29, 1.82) is 0 Å². The van der Waals surface area contributed by atoms with Gasteiger partial charge in [0.2, 0.25) is 10.0 Å². The van der Waals surface area contributed by atoms with E-state index in [1.165, 1.54) is 0 Å². The third-order valence-corrected chi connectivity index (χ3v) is 5.36. The molecule has 24 heavy (non-hydrogen) atoms. The summed E-state index contributed by atoms with van der Waals surface area (Å²) in [6.45, 7) is -0.229. The Labute approximate surface area is 137 Å². The first-order chi connectivity index (χ1) is 11.3. The van der Waals surface area contributed by atoms with Crippen molar-refractivity contribution in [2.45, 2.75) is 16.9 Å². The predicted molar refractivity (Wildman–Crippen MR) is 82.0 cm³/mol. The van der Waals surface area contributed by atoms with Gasteiger partial charge >= 0.3 is 0 Å². The Hall–Kier alpha value is -2.03. The van der Waals surface area contributed by atoms with Crippen LogP contribution >= 0.6 is 0 Å². The summed E-state index contributed by atoms with van der Waals surface area (Å²) in [4.78, 5) is -1.06. The topological polar surface area (TPSA) is 75.6 Å². The Morgan fingerprint density at radius 2 is 1.79 bits per heavy atom. The van der Waals surface area contributed by atoms with Crippen LogP contribution in [0.3, 0.4) is 0 Å². The van der Waals surface area contributed by atoms with E-state index < -0.39 is 38.7 Å². The number of halogens is 2. The molecule has 0 spiro atoms. The van der Waals surface area contributed by atoms with Crippen LogP contribution in [0, 0.1) is 11.6 Å². The zero-order valence-corrected chi connectivity index (χ0v) is 13.3. The predicted octanol–water partition coefficient (Wildman–Crippen LogP) is 1.91. The van der Waals surface area contributed by atoms with Gasteiger partial charge in [0, 0.05) is 18.5 Å². The number of rotatable bonds is 4. The number of hydrogen-bond acceptors (Lipinski definition) is 4. The first kappa shape index (κ1) is 16.8. The first-order valence-corrected chi connectivity index (χ1v) is 8.70. The lowest BCUT2D eigenvalue weighted by Crippen LogP contribution is -2.44. The molecule has 128 valence electrons. The third kappa shape index (κ3) is 3.00. The molecule has 0 aromatic heterocycles. The van der Waals surface area contributed by atoms with E-state index in [1.54, 1.807) is 24.3 Å². The van der Waals surface area contributed by atoms with E-state index in [0.717, 1.165) is 18.2 Å². The SMILES string of the molecule is O=S(=O)(NCC1(O)CCOc2ccccc21)c1c(F)cccc1F. The Balaban J connectivity index is 1.88. The molecule has 0 amide bonds. The minimum atomic E-state index is -4.46. The van der Waals surface area contributed by atoms with Gasteiger partial charge in [-0.3, -0.25) is 0 Å².